The summed E-state index contributed by atoms with van der Waals surface area (Å²) in [4.78, 5) is 0. The smallest absolute Gasteiger partial charge is 0.227 e. The number of hydrogen-bond acceptors (Lipinski definition) is 4. The van der Waals surface area contributed by atoms with E-state index in [0.29, 0.717) is 5.88 Å². The van der Waals surface area contributed by atoms with Gasteiger partial charge >= 0.3 is 0 Å². The number of nitrogens with one attached hydrogen (secondary N) is 2. The molecule has 1 heterocycles. The zero-order chi connectivity index (χ0) is 15.9. The highest BCUT2D eigenvalue weighted by atomic mass is 16.5. The van der Waals surface area contributed by atoms with Crippen molar-refractivity contribution in [2.24, 2.45) is 0 Å². The van der Waals surface area contributed by atoms with Gasteiger partial charge in [-0.25, -0.2) is 0 Å². The van der Waals surface area contributed by atoms with Crippen LogP contribution in [0.1, 0.15) is 12.8 Å². The summed E-state index contributed by atoms with van der Waals surface area (Å²) >= 11 is 0. The molecule has 23 heavy (non-hydrogen) atoms. The summed E-state index contributed by atoms with van der Waals surface area (Å²) in [5, 5.41) is 16.0. The summed E-state index contributed by atoms with van der Waals surface area (Å²) < 4.78 is 5.90. The van der Waals surface area contributed by atoms with Crippen LogP contribution in [0.15, 0.2) is 66.7 Å². The van der Waals surface area contributed by atoms with Crippen LogP contribution < -0.4 is 10.6 Å². The molecular formula is C19H22N2O2. The van der Waals surface area contributed by atoms with Gasteiger partial charge in [-0.2, -0.15) is 0 Å². The number of benzene rings is 2. The van der Waals surface area contributed by atoms with Crippen LogP contribution in [0.25, 0.3) is 11.1 Å². The lowest BCUT2D eigenvalue weighted by Gasteiger charge is -2.25. The van der Waals surface area contributed by atoms with Crippen LogP contribution in [0.5, 0.6) is 0 Å². The van der Waals surface area contributed by atoms with Gasteiger partial charge in [-0.1, -0.05) is 48.5 Å². The number of rotatable bonds is 5. The fourth-order valence-electron chi connectivity index (χ4n) is 2.78. The molecule has 0 unspecified atom stereocenters. The SMILES string of the molecule is O/C=C(/Nc1ccccc1-c1ccccc1)OC1CCNCC1. The van der Waals surface area contributed by atoms with E-state index >= 15 is 0 Å². The van der Waals surface area contributed by atoms with Gasteiger partial charge in [0.05, 0.1) is 0 Å². The molecule has 2 aromatic rings. The average molecular weight is 310 g/mol. The first kappa shape index (κ1) is 15.4. The van der Waals surface area contributed by atoms with Crippen LogP contribution >= 0.6 is 0 Å². The topological polar surface area (TPSA) is 53.5 Å². The Kier molecular flexibility index (Phi) is 5.17. The third kappa shape index (κ3) is 4.05. The van der Waals surface area contributed by atoms with Crippen LogP contribution in [0.4, 0.5) is 5.69 Å². The second-order valence-corrected chi connectivity index (χ2v) is 5.60. The molecule has 1 fully saturated rings. The van der Waals surface area contributed by atoms with E-state index in [1.165, 1.54) is 0 Å². The first-order chi connectivity index (χ1) is 11.4. The second-order valence-electron chi connectivity index (χ2n) is 5.60. The quantitative estimate of drug-likeness (QED) is 0.733. The zero-order valence-electron chi connectivity index (χ0n) is 13.0. The van der Waals surface area contributed by atoms with Gasteiger partial charge < -0.3 is 20.5 Å². The monoisotopic (exact) mass is 310 g/mol. The number of ether oxygens (including phenoxy) is 1. The molecule has 4 heteroatoms. The average Bonchev–Trinajstić information content (AvgIpc) is 2.63. The summed E-state index contributed by atoms with van der Waals surface area (Å²) in [5.74, 6) is 0.389. The largest absolute Gasteiger partial charge is 0.510 e. The fraction of sp³-hybridized carbons (Fsp3) is 0.263. The molecule has 0 saturated carbocycles. The molecule has 3 rings (SSSR count). The molecule has 0 amide bonds. The third-order valence-corrected chi connectivity index (χ3v) is 3.97. The predicted octanol–water partition coefficient (Wildman–Crippen LogP) is 3.89. The number of anilines is 1. The predicted molar refractivity (Wildman–Crippen MR) is 93.2 cm³/mol. The molecule has 0 bridgehead atoms. The van der Waals surface area contributed by atoms with E-state index in [1.807, 2.05) is 36.4 Å². The van der Waals surface area contributed by atoms with Crippen molar-refractivity contribution in [1.29, 1.82) is 0 Å². The maximum absolute atomic E-state index is 9.51. The van der Waals surface area contributed by atoms with Crippen LogP contribution in [-0.2, 0) is 4.74 Å². The Bertz CT molecular complexity index is 649. The first-order valence-corrected chi connectivity index (χ1v) is 8.00. The molecule has 0 aliphatic carbocycles. The van der Waals surface area contributed by atoms with Crippen LogP contribution in [0.2, 0.25) is 0 Å². The van der Waals surface area contributed by atoms with Gasteiger partial charge in [-0.05, 0) is 37.6 Å². The molecule has 3 N–H and O–H groups in total. The summed E-state index contributed by atoms with van der Waals surface area (Å²) in [6.45, 7) is 1.90. The van der Waals surface area contributed by atoms with E-state index in [2.05, 4.69) is 28.8 Å². The minimum absolute atomic E-state index is 0.131. The van der Waals surface area contributed by atoms with Gasteiger partial charge in [-0.3, -0.25) is 0 Å². The number of hydrogen-bond donors (Lipinski definition) is 3. The number of para-hydroxylation sites is 1. The lowest BCUT2D eigenvalue weighted by atomic mass is 10.0. The molecule has 0 atom stereocenters. The molecule has 1 aliphatic rings. The Morgan fingerprint density at radius 2 is 1.74 bits per heavy atom. The van der Waals surface area contributed by atoms with Crippen LogP contribution in [-0.4, -0.2) is 24.3 Å². The van der Waals surface area contributed by atoms with Gasteiger partial charge in [0.25, 0.3) is 0 Å². The van der Waals surface area contributed by atoms with Crippen molar-refractivity contribution in [3.8, 4) is 11.1 Å². The van der Waals surface area contributed by atoms with Gasteiger partial charge in [-0.15, -0.1) is 0 Å². The van der Waals surface area contributed by atoms with Crippen molar-refractivity contribution in [1.82, 2.24) is 5.32 Å². The summed E-state index contributed by atoms with van der Waals surface area (Å²) in [6.07, 6.45) is 3.02. The fourth-order valence-corrected chi connectivity index (χ4v) is 2.78. The van der Waals surface area contributed by atoms with Crippen molar-refractivity contribution in [2.75, 3.05) is 18.4 Å². The van der Waals surface area contributed by atoms with Gasteiger partial charge in [0.15, 0.2) is 0 Å². The summed E-state index contributed by atoms with van der Waals surface area (Å²) in [6, 6.07) is 18.2. The van der Waals surface area contributed by atoms with E-state index < -0.39 is 0 Å². The maximum Gasteiger partial charge on any atom is 0.227 e. The Labute approximate surface area is 136 Å². The Hall–Kier alpha value is -2.46. The minimum atomic E-state index is 0.131. The molecule has 120 valence electrons. The second kappa shape index (κ2) is 7.70. The molecule has 4 nitrogen and oxygen atoms in total. The highest BCUT2D eigenvalue weighted by Gasteiger charge is 2.16. The standard InChI is InChI=1S/C19H22N2O2/c22-14-19(23-16-10-12-20-13-11-16)21-18-9-5-4-8-17(18)15-6-2-1-3-7-15/h1-9,14,16,20-22H,10-13H2/b19-14-. The van der Waals surface area contributed by atoms with Crippen molar-refractivity contribution < 1.29 is 9.84 Å². The zero-order valence-corrected chi connectivity index (χ0v) is 13.0. The van der Waals surface area contributed by atoms with E-state index in [9.17, 15) is 5.11 Å². The lowest BCUT2D eigenvalue weighted by molar-refractivity contribution is 0.0863. The van der Waals surface area contributed by atoms with Crippen molar-refractivity contribution in [3.05, 3.63) is 66.7 Å². The molecule has 0 spiro atoms. The molecule has 1 aliphatic heterocycles. The van der Waals surface area contributed by atoms with Gasteiger partial charge in [0.2, 0.25) is 5.88 Å². The highest BCUT2D eigenvalue weighted by Crippen LogP contribution is 2.29. The number of aliphatic hydroxyl groups excluding tert-OH is 1. The molecular weight excluding hydrogens is 288 g/mol. The molecule has 2 aromatic carbocycles. The maximum atomic E-state index is 9.51. The van der Waals surface area contributed by atoms with Crippen LogP contribution in [0, 0.1) is 0 Å². The summed E-state index contributed by atoms with van der Waals surface area (Å²) in [5.41, 5.74) is 3.10. The van der Waals surface area contributed by atoms with E-state index in [0.717, 1.165) is 49.0 Å². The molecule has 0 aromatic heterocycles. The van der Waals surface area contributed by atoms with Gasteiger partial charge in [0, 0.05) is 11.3 Å². The van der Waals surface area contributed by atoms with Crippen molar-refractivity contribution >= 4 is 5.69 Å². The number of piperidine rings is 1. The minimum Gasteiger partial charge on any atom is -0.510 e. The summed E-state index contributed by atoms with van der Waals surface area (Å²) in [7, 11) is 0. The molecule has 1 saturated heterocycles. The normalized spacial score (nSPS) is 16.1. The molecule has 0 radical (unpaired) electrons. The lowest BCUT2D eigenvalue weighted by Crippen LogP contribution is -2.33. The highest BCUT2D eigenvalue weighted by molar-refractivity contribution is 5.78. The van der Waals surface area contributed by atoms with Crippen molar-refractivity contribution in [2.45, 2.75) is 18.9 Å². The Morgan fingerprint density at radius 3 is 2.48 bits per heavy atom. The third-order valence-electron chi connectivity index (χ3n) is 3.97. The Morgan fingerprint density at radius 1 is 1.04 bits per heavy atom. The Balaban J connectivity index is 1.76. The van der Waals surface area contributed by atoms with Crippen LogP contribution in [0.3, 0.4) is 0 Å². The van der Waals surface area contributed by atoms with E-state index in [4.69, 9.17) is 4.74 Å². The van der Waals surface area contributed by atoms with E-state index in [1.54, 1.807) is 0 Å². The first-order valence-electron chi connectivity index (χ1n) is 8.00. The van der Waals surface area contributed by atoms with Gasteiger partial charge in [0.1, 0.15) is 12.4 Å². The van der Waals surface area contributed by atoms with E-state index in [-0.39, 0.29) is 6.10 Å². The van der Waals surface area contributed by atoms with Crippen molar-refractivity contribution in [3.63, 3.8) is 0 Å². The number of aliphatic hydroxyl groups is 1.